The first-order valence-electron chi connectivity index (χ1n) is 5.06. The van der Waals surface area contributed by atoms with Crippen molar-refractivity contribution in [2.24, 2.45) is 0 Å². The second-order valence-electron chi connectivity index (χ2n) is 3.56. The van der Waals surface area contributed by atoms with E-state index in [9.17, 15) is 4.79 Å². The fourth-order valence-corrected chi connectivity index (χ4v) is 2.71. The lowest BCUT2D eigenvalue weighted by Crippen LogP contribution is -2.00. The van der Waals surface area contributed by atoms with Crippen molar-refractivity contribution in [1.82, 2.24) is 0 Å². The number of anilines is 1. The number of nitrogens with one attached hydrogen (secondary N) is 1. The summed E-state index contributed by atoms with van der Waals surface area (Å²) in [5.41, 5.74) is 1.05. The average molecular weight is 375 g/mol. The van der Waals surface area contributed by atoms with Crippen LogP contribution in [0, 0.1) is 0 Å². The van der Waals surface area contributed by atoms with Crippen molar-refractivity contribution in [2.75, 3.05) is 5.32 Å². The number of benzene rings is 1. The molecule has 1 aromatic heterocycles. The summed E-state index contributed by atoms with van der Waals surface area (Å²) in [7, 11) is 0. The molecule has 18 heavy (non-hydrogen) atoms. The third-order valence-corrected chi connectivity index (χ3v) is 3.62. The van der Waals surface area contributed by atoms with Gasteiger partial charge < -0.3 is 14.8 Å². The van der Waals surface area contributed by atoms with Crippen molar-refractivity contribution >= 4 is 43.5 Å². The van der Waals surface area contributed by atoms with Gasteiger partial charge in [-0.3, -0.25) is 0 Å². The molecule has 0 unspecified atom stereocenters. The molecule has 0 spiro atoms. The molecule has 0 fully saturated rings. The first-order chi connectivity index (χ1) is 8.58. The highest BCUT2D eigenvalue weighted by molar-refractivity contribution is 9.11. The van der Waals surface area contributed by atoms with Crippen LogP contribution in [0.1, 0.15) is 16.1 Å². The van der Waals surface area contributed by atoms with Gasteiger partial charge >= 0.3 is 5.97 Å². The van der Waals surface area contributed by atoms with Crippen molar-refractivity contribution in [3.8, 4) is 0 Å². The molecule has 0 saturated carbocycles. The Balaban J connectivity index is 2.09. The van der Waals surface area contributed by atoms with E-state index in [0.29, 0.717) is 12.3 Å². The Morgan fingerprint density at radius 2 is 2.00 bits per heavy atom. The number of carboxylic acid groups (broad SMARTS) is 1. The molecule has 6 heteroatoms. The lowest BCUT2D eigenvalue weighted by molar-refractivity contribution is 0.0696. The van der Waals surface area contributed by atoms with Crippen LogP contribution in [0.4, 0.5) is 5.69 Å². The van der Waals surface area contributed by atoms with E-state index in [-0.39, 0.29) is 5.56 Å². The summed E-state index contributed by atoms with van der Waals surface area (Å²) < 4.78 is 6.99. The molecule has 0 radical (unpaired) electrons. The highest BCUT2D eigenvalue weighted by atomic mass is 79.9. The normalized spacial score (nSPS) is 10.3. The smallest absolute Gasteiger partial charge is 0.338 e. The Labute approximate surface area is 120 Å². The SMILES string of the molecule is O=C(O)c1coc(CNc2c(Br)cccc2Br)c1. The van der Waals surface area contributed by atoms with Crippen LogP contribution in [0.2, 0.25) is 0 Å². The van der Waals surface area contributed by atoms with Gasteiger partial charge in [0.25, 0.3) is 0 Å². The molecule has 2 aromatic rings. The summed E-state index contributed by atoms with van der Waals surface area (Å²) >= 11 is 6.86. The van der Waals surface area contributed by atoms with Crippen LogP contribution in [0.5, 0.6) is 0 Å². The molecule has 2 rings (SSSR count). The Hall–Kier alpha value is -1.27. The summed E-state index contributed by atoms with van der Waals surface area (Å²) in [6.45, 7) is 0.411. The Morgan fingerprint density at radius 3 is 2.56 bits per heavy atom. The summed E-state index contributed by atoms with van der Waals surface area (Å²) in [6.07, 6.45) is 1.23. The number of aromatic carboxylic acids is 1. The zero-order valence-electron chi connectivity index (χ0n) is 9.11. The van der Waals surface area contributed by atoms with Gasteiger partial charge in [0.2, 0.25) is 0 Å². The van der Waals surface area contributed by atoms with Gasteiger partial charge in [-0.1, -0.05) is 6.07 Å². The van der Waals surface area contributed by atoms with E-state index in [2.05, 4.69) is 37.2 Å². The van der Waals surface area contributed by atoms with E-state index in [1.165, 1.54) is 12.3 Å². The summed E-state index contributed by atoms with van der Waals surface area (Å²) in [5, 5.41) is 11.9. The number of hydrogen-bond acceptors (Lipinski definition) is 3. The van der Waals surface area contributed by atoms with Gasteiger partial charge in [0.1, 0.15) is 12.0 Å². The molecular weight excluding hydrogens is 366 g/mol. The monoisotopic (exact) mass is 373 g/mol. The van der Waals surface area contributed by atoms with Crippen molar-refractivity contribution in [3.63, 3.8) is 0 Å². The van der Waals surface area contributed by atoms with Crippen LogP contribution in [0.3, 0.4) is 0 Å². The quantitative estimate of drug-likeness (QED) is 0.845. The van der Waals surface area contributed by atoms with Crippen LogP contribution < -0.4 is 5.32 Å². The summed E-state index contributed by atoms with van der Waals surface area (Å²) in [5.74, 6) is -0.429. The average Bonchev–Trinajstić information content (AvgIpc) is 2.77. The third kappa shape index (κ3) is 2.94. The van der Waals surface area contributed by atoms with E-state index < -0.39 is 5.97 Å². The molecule has 0 aliphatic heterocycles. The van der Waals surface area contributed by atoms with Crippen molar-refractivity contribution in [3.05, 3.63) is 50.8 Å². The van der Waals surface area contributed by atoms with E-state index in [1.54, 1.807) is 0 Å². The van der Waals surface area contributed by atoms with E-state index in [4.69, 9.17) is 9.52 Å². The topological polar surface area (TPSA) is 62.5 Å². The van der Waals surface area contributed by atoms with E-state index in [1.807, 2.05) is 18.2 Å². The number of hydrogen-bond donors (Lipinski definition) is 2. The second-order valence-corrected chi connectivity index (χ2v) is 5.27. The van der Waals surface area contributed by atoms with Gasteiger partial charge in [-0.05, 0) is 50.1 Å². The van der Waals surface area contributed by atoms with Gasteiger partial charge in [-0.15, -0.1) is 0 Å². The predicted molar refractivity (Wildman–Crippen MR) is 74.8 cm³/mol. The maximum absolute atomic E-state index is 10.7. The highest BCUT2D eigenvalue weighted by Crippen LogP contribution is 2.30. The fraction of sp³-hybridized carbons (Fsp3) is 0.0833. The molecule has 4 nitrogen and oxygen atoms in total. The predicted octanol–water partition coefficient (Wildman–Crippen LogP) is 4.11. The largest absolute Gasteiger partial charge is 0.478 e. The minimum absolute atomic E-state index is 0.151. The van der Waals surface area contributed by atoms with Gasteiger partial charge in [-0.2, -0.15) is 0 Å². The molecule has 0 bridgehead atoms. The molecule has 2 N–H and O–H groups in total. The van der Waals surface area contributed by atoms with Gasteiger partial charge in [-0.25, -0.2) is 4.79 Å². The van der Waals surface area contributed by atoms with Crippen LogP contribution in [-0.2, 0) is 6.54 Å². The van der Waals surface area contributed by atoms with Crippen LogP contribution in [0.25, 0.3) is 0 Å². The number of para-hydroxylation sites is 1. The fourth-order valence-electron chi connectivity index (χ4n) is 1.43. The standard InChI is InChI=1S/C12H9Br2NO3/c13-9-2-1-3-10(14)11(9)15-5-8-4-7(6-18-8)12(16)17/h1-4,6,15H,5H2,(H,16,17). The van der Waals surface area contributed by atoms with Crippen molar-refractivity contribution in [1.29, 1.82) is 0 Å². The summed E-state index contributed by atoms with van der Waals surface area (Å²) in [4.78, 5) is 10.7. The third-order valence-electron chi connectivity index (χ3n) is 2.30. The zero-order valence-corrected chi connectivity index (χ0v) is 12.3. The molecule has 0 atom stereocenters. The Morgan fingerprint density at radius 1 is 1.33 bits per heavy atom. The maximum atomic E-state index is 10.7. The molecule has 1 aromatic carbocycles. The Kier molecular flexibility index (Phi) is 4.08. The van der Waals surface area contributed by atoms with Crippen LogP contribution in [-0.4, -0.2) is 11.1 Å². The first kappa shape index (κ1) is 13.2. The minimum Gasteiger partial charge on any atom is -0.478 e. The van der Waals surface area contributed by atoms with E-state index in [0.717, 1.165) is 14.6 Å². The highest BCUT2D eigenvalue weighted by Gasteiger charge is 2.09. The van der Waals surface area contributed by atoms with Crippen LogP contribution >= 0.6 is 31.9 Å². The number of halogens is 2. The number of furan rings is 1. The second kappa shape index (κ2) is 5.58. The van der Waals surface area contributed by atoms with Gasteiger partial charge in [0.05, 0.1) is 17.8 Å². The molecule has 0 saturated heterocycles. The first-order valence-corrected chi connectivity index (χ1v) is 6.65. The Bertz CT molecular complexity index is 560. The number of carbonyl (C=O) groups is 1. The molecule has 94 valence electrons. The van der Waals surface area contributed by atoms with Crippen molar-refractivity contribution in [2.45, 2.75) is 6.54 Å². The summed E-state index contributed by atoms with van der Waals surface area (Å²) in [6, 6.07) is 7.24. The van der Waals surface area contributed by atoms with Gasteiger partial charge in [0.15, 0.2) is 0 Å². The zero-order chi connectivity index (χ0) is 13.1. The molecule has 1 heterocycles. The van der Waals surface area contributed by atoms with Crippen molar-refractivity contribution < 1.29 is 14.3 Å². The lowest BCUT2D eigenvalue weighted by atomic mass is 10.3. The molecule has 0 amide bonds. The number of carboxylic acids is 1. The minimum atomic E-state index is -0.993. The van der Waals surface area contributed by atoms with Gasteiger partial charge in [0, 0.05) is 8.95 Å². The number of rotatable bonds is 4. The molecule has 0 aliphatic rings. The van der Waals surface area contributed by atoms with E-state index >= 15 is 0 Å². The maximum Gasteiger partial charge on any atom is 0.338 e. The molecule has 0 aliphatic carbocycles. The lowest BCUT2D eigenvalue weighted by Gasteiger charge is -2.08. The van der Waals surface area contributed by atoms with Crippen LogP contribution in [0.15, 0.2) is 43.9 Å². The molecular formula is C12H9Br2NO3.